The number of aliphatic imine (C=N–C) groups is 1. The maximum Gasteiger partial charge on any atom is 0.246 e. The zero-order chi connectivity index (χ0) is 25.1. The Labute approximate surface area is 218 Å². The Kier molecular flexibility index (Phi) is 15.6. The highest BCUT2D eigenvalue weighted by molar-refractivity contribution is 9.10. The number of aromatic nitrogens is 4. The van der Waals surface area contributed by atoms with Crippen LogP contribution >= 0.6 is 15.9 Å². The van der Waals surface area contributed by atoms with E-state index in [1.165, 1.54) is 0 Å². The molecule has 11 heteroatoms. The number of hydrogen-bond acceptors (Lipinski definition) is 10. The SMILES string of the molecule is Brc1cnc(-c2ccccn2)o1.C.NCCO.O=Cc1ccccn1.c1ccc(C2=NCCO2)nc1. The van der Waals surface area contributed by atoms with Crippen molar-refractivity contribution >= 4 is 28.1 Å². The van der Waals surface area contributed by atoms with Gasteiger partial charge in [-0.05, 0) is 52.3 Å². The lowest BCUT2D eigenvalue weighted by atomic mass is 10.3. The molecule has 36 heavy (non-hydrogen) atoms. The Balaban J connectivity index is 0.000000252. The Morgan fingerprint density at radius 1 is 0.944 bits per heavy atom. The smallest absolute Gasteiger partial charge is 0.246 e. The van der Waals surface area contributed by atoms with Gasteiger partial charge in [0.05, 0.1) is 19.3 Å². The first-order valence-corrected chi connectivity index (χ1v) is 11.3. The second kappa shape index (κ2) is 18.5. The Hall–Kier alpha value is -3.80. The molecule has 0 saturated heterocycles. The molecule has 190 valence electrons. The third-order valence-electron chi connectivity index (χ3n) is 3.77. The number of pyridine rings is 3. The average Bonchev–Trinajstić information content (AvgIpc) is 3.64. The second-order valence-corrected chi connectivity index (χ2v) is 7.10. The minimum atomic E-state index is 0. The number of nitrogens with zero attached hydrogens (tertiary/aromatic N) is 5. The lowest BCUT2D eigenvalue weighted by Gasteiger charge is -1.97. The first-order valence-electron chi connectivity index (χ1n) is 10.5. The number of carbonyl (C=O) groups excluding carboxylic acids is 1. The summed E-state index contributed by atoms with van der Waals surface area (Å²) in [6.45, 7) is 1.91. The van der Waals surface area contributed by atoms with Crippen molar-refractivity contribution in [3.8, 4) is 11.6 Å². The van der Waals surface area contributed by atoms with Crippen LogP contribution in [-0.2, 0) is 4.74 Å². The van der Waals surface area contributed by atoms with E-state index in [1.807, 2.05) is 36.4 Å². The van der Waals surface area contributed by atoms with Crippen molar-refractivity contribution < 1.29 is 19.1 Å². The van der Waals surface area contributed by atoms with E-state index in [-0.39, 0.29) is 14.0 Å². The van der Waals surface area contributed by atoms with Crippen LogP contribution in [0.3, 0.4) is 0 Å². The van der Waals surface area contributed by atoms with Gasteiger partial charge in [0, 0.05) is 25.1 Å². The molecule has 0 fully saturated rings. The number of nitrogens with two attached hydrogens (primary N) is 1. The molecule has 0 unspecified atom stereocenters. The molecule has 0 amide bonds. The summed E-state index contributed by atoms with van der Waals surface area (Å²) in [7, 11) is 0. The lowest BCUT2D eigenvalue weighted by molar-refractivity contribution is 0.111. The number of carbonyl (C=O) groups is 1. The molecule has 10 nitrogen and oxygen atoms in total. The number of hydrogen-bond donors (Lipinski definition) is 2. The number of aliphatic hydroxyl groups is 1. The molecular weight excluding hydrogens is 528 g/mol. The minimum Gasteiger partial charge on any atom is -0.474 e. The summed E-state index contributed by atoms with van der Waals surface area (Å²) in [5.41, 5.74) is 6.82. The lowest BCUT2D eigenvalue weighted by Crippen LogP contribution is -2.02. The first kappa shape index (κ1) is 30.2. The molecule has 1 aliphatic rings. The van der Waals surface area contributed by atoms with Crippen molar-refractivity contribution in [3.63, 3.8) is 0 Å². The van der Waals surface area contributed by atoms with Gasteiger partial charge in [-0.25, -0.2) is 9.98 Å². The molecule has 3 N–H and O–H groups in total. The van der Waals surface area contributed by atoms with E-state index in [1.54, 1.807) is 43.0 Å². The number of aldehydes is 1. The number of halogens is 1. The van der Waals surface area contributed by atoms with Gasteiger partial charge < -0.3 is 20.0 Å². The van der Waals surface area contributed by atoms with Gasteiger partial charge in [-0.2, -0.15) is 0 Å². The molecule has 0 radical (unpaired) electrons. The molecule has 5 rings (SSSR count). The zero-order valence-electron chi connectivity index (χ0n) is 18.8. The van der Waals surface area contributed by atoms with Gasteiger partial charge in [0.2, 0.25) is 11.8 Å². The number of rotatable bonds is 4. The van der Waals surface area contributed by atoms with E-state index in [4.69, 9.17) is 20.0 Å². The van der Waals surface area contributed by atoms with Crippen LogP contribution in [0.4, 0.5) is 0 Å². The highest BCUT2D eigenvalue weighted by atomic mass is 79.9. The predicted octanol–water partition coefficient (Wildman–Crippen LogP) is 3.83. The predicted molar refractivity (Wildman–Crippen MR) is 142 cm³/mol. The summed E-state index contributed by atoms with van der Waals surface area (Å²) in [4.78, 5) is 30.0. The molecule has 0 saturated carbocycles. The summed E-state index contributed by atoms with van der Waals surface area (Å²) < 4.78 is 11.1. The molecule has 1 aliphatic heterocycles. The van der Waals surface area contributed by atoms with Crippen LogP contribution < -0.4 is 5.73 Å². The molecule has 5 heterocycles. The normalized spacial score (nSPS) is 10.9. The molecular formula is C25H29BrN6O4. The summed E-state index contributed by atoms with van der Waals surface area (Å²) in [5, 5.41) is 7.75. The van der Waals surface area contributed by atoms with E-state index >= 15 is 0 Å². The topological polar surface area (TPSA) is 150 Å². The molecule has 0 aromatic carbocycles. The summed E-state index contributed by atoms with van der Waals surface area (Å²) in [6, 6.07) is 16.5. The molecule has 0 aliphatic carbocycles. The van der Waals surface area contributed by atoms with Gasteiger partial charge in [0.1, 0.15) is 23.7 Å². The van der Waals surface area contributed by atoms with Crippen LogP contribution in [0.15, 0.2) is 93.5 Å². The van der Waals surface area contributed by atoms with Crippen LogP contribution in [0.1, 0.15) is 23.6 Å². The van der Waals surface area contributed by atoms with E-state index < -0.39 is 0 Å². The van der Waals surface area contributed by atoms with E-state index in [0.717, 1.165) is 24.2 Å². The zero-order valence-corrected chi connectivity index (χ0v) is 20.4. The first-order chi connectivity index (χ1) is 17.2. The quantitative estimate of drug-likeness (QED) is 0.357. The van der Waals surface area contributed by atoms with Crippen LogP contribution in [0.5, 0.6) is 0 Å². The fourth-order valence-corrected chi connectivity index (χ4v) is 2.54. The van der Waals surface area contributed by atoms with Crippen LogP contribution in [0, 0.1) is 0 Å². The van der Waals surface area contributed by atoms with E-state index in [9.17, 15) is 4.79 Å². The molecule has 0 bridgehead atoms. The standard InChI is InChI=1S/C8H5BrN2O.C8H8N2O.C6H5NO.C2H7NO.CH4/c9-7-5-11-8(12-7)6-3-1-2-4-10-6;1-2-4-9-7(3-1)8-10-5-6-11-8;8-5-6-3-1-2-4-7-6;3-1-2-4;/h1-5H;1-4H,5-6H2;1-5H;4H,1-3H2;1H4. The van der Waals surface area contributed by atoms with Crippen molar-refractivity contribution in [3.05, 3.63) is 95.4 Å². The van der Waals surface area contributed by atoms with Crippen LogP contribution in [0.25, 0.3) is 11.6 Å². The third kappa shape index (κ3) is 11.6. The highest BCUT2D eigenvalue weighted by Crippen LogP contribution is 2.19. The monoisotopic (exact) mass is 556 g/mol. The summed E-state index contributed by atoms with van der Waals surface area (Å²) in [5.74, 6) is 1.20. The molecule has 0 spiro atoms. The van der Waals surface area contributed by atoms with Gasteiger partial charge >= 0.3 is 0 Å². The maximum absolute atomic E-state index is 9.94. The van der Waals surface area contributed by atoms with Crippen LogP contribution in [-0.4, -0.2) is 63.5 Å². The van der Waals surface area contributed by atoms with Crippen molar-refractivity contribution in [1.29, 1.82) is 0 Å². The Bertz CT molecular complexity index is 1130. The molecule has 4 aromatic rings. The summed E-state index contributed by atoms with van der Waals surface area (Å²) >= 11 is 3.17. The summed E-state index contributed by atoms with van der Waals surface area (Å²) in [6.07, 6.45) is 7.35. The Morgan fingerprint density at radius 2 is 1.56 bits per heavy atom. The fourth-order valence-electron chi connectivity index (χ4n) is 2.29. The maximum atomic E-state index is 9.94. The third-order valence-corrected chi connectivity index (χ3v) is 4.14. The number of aliphatic hydroxyl groups excluding tert-OH is 1. The van der Waals surface area contributed by atoms with Gasteiger partial charge in [-0.1, -0.05) is 25.6 Å². The number of ether oxygens (including phenoxy) is 1. The van der Waals surface area contributed by atoms with Gasteiger partial charge in [0.15, 0.2) is 11.0 Å². The molecule has 4 aromatic heterocycles. The number of oxazole rings is 1. The van der Waals surface area contributed by atoms with E-state index in [0.29, 0.717) is 35.3 Å². The van der Waals surface area contributed by atoms with Crippen molar-refractivity contribution in [2.24, 2.45) is 10.7 Å². The van der Waals surface area contributed by atoms with Gasteiger partial charge in [-0.3, -0.25) is 19.7 Å². The molecule has 0 atom stereocenters. The fraction of sp³-hybridized carbons (Fsp3) is 0.200. The van der Waals surface area contributed by atoms with Crippen molar-refractivity contribution in [1.82, 2.24) is 19.9 Å². The van der Waals surface area contributed by atoms with Gasteiger partial charge in [0.25, 0.3) is 0 Å². The van der Waals surface area contributed by atoms with Crippen molar-refractivity contribution in [2.45, 2.75) is 7.43 Å². The van der Waals surface area contributed by atoms with Crippen LogP contribution in [0.2, 0.25) is 0 Å². The Morgan fingerprint density at radius 3 is 1.94 bits per heavy atom. The highest BCUT2D eigenvalue weighted by Gasteiger charge is 2.09. The van der Waals surface area contributed by atoms with E-state index in [2.05, 4.69) is 40.9 Å². The van der Waals surface area contributed by atoms with Gasteiger partial charge in [-0.15, -0.1) is 0 Å². The van der Waals surface area contributed by atoms with Crippen molar-refractivity contribution in [2.75, 3.05) is 26.3 Å². The second-order valence-electron chi connectivity index (χ2n) is 6.32. The largest absolute Gasteiger partial charge is 0.474 e. The minimum absolute atomic E-state index is 0. The average molecular weight is 557 g/mol.